The molecule has 0 radical (unpaired) electrons. The van der Waals surface area contributed by atoms with Crippen LogP contribution < -0.4 is 0 Å². The Morgan fingerprint density at radius 1 is 1.00 bits per heavy atom. The first-order valence-corrected chi connectivity index (χ1v) is 9.15. The Kier molecular flexibility index (Phi) is 3.27. The SMILES string of the molecule is C[C@@]12CCC[C@H]1[C@@H]1CC=C3CCCC[C@]3(C(F)(F)F)[C@@H]1CC2. The van der Waals surface area contributed by atoms with Crippen molar-refractivity contribution in [1.29, 1.82) is 0 Å². The molecule has 3 fully saturated rings. The van der Waals surface area contributed by atoms with E-state index in [-0.39, 0.29) is 11.8 Å². The molecule has 0 aliphatic heterocycles. The standard InChI is InChI=1S/C19H27F3/c1-17-10-4-6-15(17)14-8-7-13-5-2-3-11-18(13,19(20,21)22)16(14)9-12-17/h7,14-16H,2-6,8-12H2,1H3/t14-,15-,16+,17-,18+/m0/s1. The molecule has 0 unspecified atom stereocenters. The molecule has 0 heterocycles. The van der Waals surface area contributed by atoms with Gasteiger partial charge in [0.15, 0.2) is 0 Å². The zero-order valence-corrected chi connectivity index (χ0v) is 13.5. The highest BCUT2D eigenvalue weighted by Crippen LogP contribution is 2.68. The maximum atomic E-state index is 14.2. The number of alkyl halides is 3. The Labute approximate surface area is 131 Å². The minimum absolute atomic E-state index is 0.135. The number of hydrogen-bond donors (Lipinski definition) is 0. The lowest BCUT2D eigenvalue weighted by Crippen LogP contribution is -2.55. The topological polar surface area (TPSA) is 0 Å². The molecule has 0 aromatic carbocycles. The van der Waals surface area contributed by atoms with Crippen molar-refractivity contribution in [2.45, 2.75) is 77.3 Å². The van der Waals surface area contributed by atoms with Gasteiger partial charge in [0.05, 0.1) is 5.41 Å². The van der Waals surface area contributed by atoms with E-state index in [2.05, 4.69) is 6.92 Å². The van der Waals surface area contributed by atoms with Gasteiger partial charge in [-0.15, -0.1) is 0 Å². The summed E-state index contributed by atoms with van der Waals surface area (Å²) in [6.45, 7) is 2.35. The van der Waals surface area contributed by atoms with Crippen LogP contribution in [0.5, 0.6) is 0 Å². The summed E-state index contributed by atoms with van der Waals surface area (Å²) in [7, 11) is 0. The Hall–Kier alpha value is -0.470. The van der Waals surface area contributed by atoms with E-state index in [1.165, 1.54) is 12.8 Å². The van der Waals surface area contributed by atoms with Crippen molar-refractivity contribution >= 4 is 0 Å². The van der Waals surface area contributed by atoms with Gasteiger partial charge in [-0.1, -0.05) is 31.4 Å². The maximum Gasteiger partial charge on any atom is 0.398 e. The molecule has 0 nitrogen and oxygen atoms in total. The second-order valence-corrected chi connectivity index (χ2v) is 8.60. The predicted octanol–water partition coefficient (Wildman–Crippen LogP) is 6.27. The summed E-state index contributed by atoms with van der Waals surface area (Å²) in [5.41, 5.74) is -0.374. The highest BCUT2D eigenvalue weighted by molar-refractivity contribution is 5.27. The van der Waals surface area contributed by atoms with Gasteiger partial charge < -0.3 is 0 Å². The van der Waals surface area contributed by atoms with E-state index in [0.29, 0.717) is 24.2 Å². The molecule has 0 aromatic heterocycles. The van der Waals surface area contributed by atoms with Crippen molar-refractivity contribution in [3.8, 4) is 0 Å². The van der Waals surface area contributed by atoms with Crippen LogP contribution in [-0.2, 0) is 0 Å². The third-order valence-corrected chi connectivity index (χ3v) is 7.83. The van der Waals surface area contributed by atoms with E-state index in [0.717, 1.165) is 44.1 Å². The van der Waals surface area contributed by atoms with Crippen molar-refractivity contribution in [2.75, 3.05) is 0 Å². The molecule has 4 aliphatic rings. The fourth-order valence-corrected chi connectivity index (χ4v) is 6.84. The van der Waals surface area contributed by atoms with Crippen molar-refractivity contribution in [3.63, 3.8) is 0 Å². The molecule has 0 bridgehead atoms. The lowest BCUT2D eigenvalue weighted by atomic mass is 9.47. The molecular formula is C19H27F3. The van der Waals surface area contributed by atoms with Crippen LogP contribution in [0.2, 0.25) is 0 Å². The summed E-state index contributed by atoms with van der Waals surface area (Å²) >= 11 is 0. The van der Waals surface area contributed by atoms with E-state index < -0.39 is 11.6 Å². The lowest BCUT2D eigenvalue weighted by Gasteiger charge is -2.58. The zero-order chi connectivity index (χ0) is 15.6. The molecule has 4 aliphatic carbocycles. The van der Waals surface area contributed by atoms with Gasteiger partial charge in [0.1, 0.15) is 0 Å². The smallest absolute Gasteiger partial charge is 0.170 e. The van der Waals surface area contributed by atoms with Crippen molar-refractivity contribution in [1.82, 2.24) is 0 Å². The number of rotatable bonds is 0. The third-order valence-electron chi connectivity index (χ3n) is 7.83. The van der Waals surface area contributed by atoms with Gasteiger partial charge in [0.25, 0.3) is 0 Å². The lowest BCUT2D eigenvalue weighted by molar-refractivity contribution is -0.253. The van der Waals surface area contributed by atoms with E-state index in [4.69, 9.17) is 0 Å². The summed E-state index contributed by atoms with van der Waals surface area (Å²) < 4.78 is 42.7. The molecule has 5 atom stereocenters. The molecule has 0 spiro atoms. The second kappa shape index (κ2) is 4.77. The van der Waals surface area contributed by atoms with Gasteiger partial charge in [-0.2, -0.15) is 13.2 Å². The molecule has 3 saturated carbocycles. The molecular weight excluding hydrogens is 285 g/mol. The fraction of sp³-hybridized carbons (Fsp3) is 0.895. The third kappa shape index (κ3) is 1.83. The largest absolute Gasteiger partial charge is 0.398 e. The second-order valence-electron chi connectivity index (χ2n) is 8.60. The van der Waals surface area contributed by atoms with Crippen LogP contribution in [0.4, 0.5) is 13.2 Å². The summed E-state index contributed by atoms with van der Waals surface area (Å²) in [6, 6.07) is 0. The fourth-order valence-electron chi connectivity index (χ4n) is 6.84. The number of hydrogen-bond acceptors (Lipinski definition) is 0. The van der Waals surface area contributed by atoms with Crippen LogP contribution in [0.3, 0.4) is 0 Å². The maximum absolute atomic E-state index is 14.2. The monoisotopic (exact) mass is 312 g/mol. The average Bonchev–Trinajstić information content (AvgIpc) is 2.87. The number of allylic oxidation sites excluding steroid dienone is 2. The Morgan fingerprint density at radius 2 is 1.82 bits per heavy atom. The van der Waals surface area contributed by atoms with E-state index in [1.54, 1.807) is 0 Å². The average molecular weight is 312 g/mol. The molecule has 3 heteroatoms. The van der Waals surface area contributed by atoms with Gasteiger partial charge in [0, 0.05) is 0 Å². The van der Waals surface area contributed by atoms with Crippen LogP contribution in [0, 0.1) is 28.6 Å². The molecule has 22 heavy (non-hydrogen) atoms. The van der Waals surface area contributed by atoms with Gasteiger partial charge in [-0.3, -0.25) is 0 Å². The quantitative estimate of drug-likeness (QED) is 0.462. The Balaban J connectivity index is 1.78. The minimum Gasteiger partial charge on any atom is -0.170 e. The first-order chi connectivity index (χ1) is 10.4. The normalized spacial score (nSPS) is 48.2. The van der Waals surface area contributed by atoms with Crippen LogP contribution in [0.15, 0.2) is 11.6 Å². The highest BCUT2D eigenvalue weighted by Gasteiger charge is 2.66. The first kappa shape index (κ1) is 15.1. The molecule has 0 amide bonds. The summed E-state index contributed by atoms with van der Waals surface area (Å²) in [4.78, 5) is 0. The van der Waals surface area contributed by atoms with Crippen molar-refractivity contribution in [3.05, 3.63) is 11.6 Å². The summed E-state index contributed by atoms with van der Waals surface area (Å²) in [5, 5.41) is 0. The van der Waals surface area contributed by atoms with Crippen LogP contribution in [0.1, 0.15) is 71.1 Å². The predicted molar refractivity (Wildman–Crippen MR) is 81.3 cm³/mol. The van der Waals surface area contributed by atoms with Gasteiger partial charge >= 0.3 is 6.18 Å². The van der Waals surface area contributed by atoms with Gasteiger partial charge in [-0.25, -0.2) is 0 Å². The molecule has 4 rings (SSSR count). The van der Waals surface area contributed by atoms with Gasteiger partial charge in [-0.05, 0) is 74.5 Å². The van der Waals surface area contributed by atoms with E-state index in [1.807, 2.05) is 6.08 Å². The minimum atomic E-state index is -4.06. The number of fused-ring (bicyclic) bond motifs is 5. The zero-order valence-electron chi connectivity index (χ0n) is 13.5. The van der Waals surface area contributed by atoms with Crippen LogP contribution in [0.25, 0.3) is 0 Å². The Morgan fingerprint density at radius 3 is 2.59 bits per heavy atom. The van der Waals surface area contributed by atoms with Crippen molar-refractivity contribution in [2.24, 2.45) is 28.6 Å². The summed E-state index contributed by atoms with van der Waals surface area (Å²) in [5.74, 6) is 0.680. The van der Waals surface area contributed by atoms with Crippen molar-refractivity contribution < 1.29 is 13.2 Å². The highest BCUT2D eigenvalue weighted by atomic mass is 19.4. The van der Waals surface area contributed by atoms with E-state index in [9.17, 15) is 13.2 Å². The van der Waals surface area contributed by atoms with Crippen LogP contribution >= 0.6 is 0 Å². The van der Waals surface area contributed by atoms with Gasteiger partial charge in [0.2, 0.25) is 0 Å². The number of halogens is 3. The molecule has 0 N–H and O–H groups in total. The molecule has 124 valence electrons. The summed E-state index contributed by atoms with van der Waals surface area (Å²) in [6.07, 6.45) is 7.05. The molecule has 0 saturated heterocycles. The Bertz CT molecular complexity index is 491. The van der Waals surface area contributed by atoms with E-state index >= 15 is 0 Å². The first-order valence-electron chi connectivity index (χ1n) is 9.15. The van der Waals surface area contributed by atoms with Crippen LogP contribution in [-0.4, -0.2) is 6.18 Å². The molecule has 0 aromatic rings.